The predicted octanol–water partition coefficient (Wildman–Crippen LogP) is 0.775. The van der Waals surface area contributed by atoms with E-state index in [2.05, 4.69) is 14.9 Å². The second kappa shape index (κ2) is 4.20. The van der Waals surface area contributed by atoms with E-state index in [1.165, 1.54) is 25.3 Å². The number of rotatable bonds is 2. The molecule has 0 aliphatic heterocycles. The van der Waals surface area contributed by atoms with Crippen LogP contribution in [0.3, 0.4) is 0 Å². The Morgan fingerprint density at radius 3 is 2.76 bits per heavy atom. The Balaban J connectivity index is 2.49. The van der Waals surface area contributed by atoms with Gasteiger partial charge < -0.3 is 10.5 Å². The van der Waals surface area contributed by atoms with Crippen LogP contribution in [0.2, 0.25) is 0 Å². The topological polar surface area (TPSA) is 83.0 Å². The van der Waals surface area contributed by atoms with Gasteiger partial charge >= 0.3 is 5.97 Å². The molecule has 0 unspecified atom stereocenters. The summed E-state index contributed by atoms with van der Waals surface area (Å²) < 4.78 is 17.9. The number of nitrogens with two attached hydrogens (primary N) is 1. The van der Waals surface area contributed by atoms with Gasteiger partial charge in [0.2, 0.25) is 5.69 Å². The molecule has 88 valence electrons. The summed E-state index contributed by atoms with van der Waals surface area (Å²) in [6.45, 7) is 0. The zero-order chi connectivity index (χ0) is 12.4. The maximum Gasteiger partial charge on any atom is 0.362 e. The smallest absolute Gasteiger partial charge is 0.362 e. The number of aromatic nitrogens is 3. The van der Waals surface area contributed by atoms with Crippen molar-refractivity contribution in [1.29, 1.82) is 0 Å². The van der Waals surface area contributed by atoms with Gasteiger partial charge in [-0.25, -0.2) is 9.18 Å². The fourth-order valence-corrected chi connectivity index (χ4v) is 1.28. The number of carbonyl (C=O) groups is 1. The van der Waals surface area contributed by atoms with Crippen molar-refractivity contribution in [2.75, 3.05) is 12.8 Å². The van der Waals surface area contributed by atoms with Crippen LogP contribution in [0.1, 0.15) is 10.5 Å². The third-order valence-electron chi connectivity index (χ3n) is 2.09. The molecule has 2 N–H and O–H groups in total. The van der Waals surface area contributed by atoms with Crippen LogP contribution in [0.5, 0.6) is 0 Å². The number of benzene rings is 1. The van der Waals surface area contributed by atoms with Gasteiger partial charge in [-0.05, 0) is 12.1 Å². The van der Waals surface area contributed by atoms with Gasteiger partial charge in [0.25, 0.3) is 0 Å². The molecule has 0 amide bonds. The molecule has 0 atom stereocenters. The predicted molar refractivity (Wildman–Crippen MR) is 57.1 cm³/mol. The van der Waals surface area contributed by atoms with Crippen molar-refractivity contribution in [3.05, 3.63) is 35.8 Å². The standard InChI is InChI=1S/C10H9FN4O2/c1-17-10(16)8-9(12)14-15(13-8)7-5-3-2-4-6(7)11/h2-5H,1H3,(H2,12,14). The molecule has 2 rings (SSSR count). The first-order valence-electron chi connectivity index (χ1n) is 4.69. The van der Waals surface area contributed by atoms with Crippen molar-refractivity contribution in [3.63, 3.8) is 0 Å². The van der Waals surface area contributed by atoms with Gasteiger partial charge in [0.15, 0.2) is 11.6 Å². The van der Waals surface area contributed by atoms with Crippen molar-refractivity contribution in [1.82, 2.24) is 15.0 Å². The number of hydrogen-bond donors (Lipinski definition) is 1. The summed E-state index contributed by atoms with van der Waals surface area (Å²) in [6.07, 6.45) is 0. The minimum atomic E-state index is -0.718. The zero-order valence-electron chi connectivity index (χ0n) is 8.92. The maximum atomic E-state index is 13.4. The summed E-state index contributed by atoms with van der Waals surface area (Å²) in [5.41, 5.74) is 5.45. The van der Waals surface area contributed by atoms with Gasteiger partial charge in [0.05, 0.1) is 7.11 Å². The Labute approximate surface area is 95.8 Å². The maximum absolute atomic E-state index is 13.4. The number of halogens is 1. The highest BCUT2D eigenvalue weighted by atomic mass is 19.1. The Bertz CT molecular complexity index is 567. The van der Waals surface area contributed by atoms with Crippen LogP contribution >= 0.6 is 0 Å². The summed E-state index contributed by atoms with van der Waals surface area (Å²) in [7, 11) is 1.20. The third-order valence-corrected chi connectivity index (χ3v) is 2.09. The summed E-state index contributed by atoms with van der Waals surface area (Å²) >= 11 is 0. The molecule has 0 spiro atoms. The van der Waals surface area contributed by atoms with Gasteiger partial charge in [-0.1, -0.05) is 12.1 Å². The van der Waals surface area contributed by atoms with Crippen molar-refractivity contribution in [3.8, 4) is 5.69 Å². The normalized spacial score (nSPS) is 10.2. The Morgan fingerprint density at radius 1 is 1.41 bits per heavy atom. The largest absolute Gasteiger partial charge is 0.464 e. The molecule has 2 aromatic rings. The second-order valence-corrected chi connectivity index (χ2v) is 3.17. The molecule has 17 heavy (non-hydrogen) atoms. The fraction of sp³-hybridized carbons (Fsp3) is 0.100. The lowest BCUT2D eigenvalue weighted by Gasteiger charge is -1.99. The molecule has 0 saturated carbocycles. The number of hydrogen-bond acceptors (Lipinski definition) is 5. The summed E-state index contributed by atoms with van der Waals surface area (Å²) in [6, 6.07) is 5.88. The molecule has 0 aliphatic rings. The quantitative estimate of drug-likeness (QED) is 0.779. The highest BCUT2D eigenvalue weighted by molar-refractivity contribution is 5.91. The molecule has 1 aromatic carbocycles. The van der Waals surface area contributed by atoms with Crippen LogP contribution in [0.4, 0.5) is 10.2 Å². The Kier molecular flexibility index (Phi) is 2.73. The molecule has 1 heterocycles. The number of nitrogens with zero attached hydrogens (tertiary/aromatic N) is 3. The molecule has 0 fully saturated rings. The van der Waals surface area contributed by atoms with E-state index in [1.54, 1.807) is 6.07 Å². The molecule has 0 aliphatic carbocycles. The van der Waals surface area contributed by atoms with Crippen molar-refractivity contribution in [2.45, 2.75) is 0 Å². The molecule has 7 heteroatoms. The van der Waals surface area contributed by atoms with E-state index in [-0.39, 0.29) is 17.2 Å². The van der Waals surface area contributed by atoms with Crippen LogP contribution in [0.25, 0.3) is 5.69 Å². The van der Waals surface area contributed by atoms with Gasteiger partial charge in [-0.2, -0.15) is 0 Å². The number of carbonyl (C=O) groups excluding carboxylic acids is 1. The zero-order valence-corrected chi connectivity index (χ0v) is 8.92. The number of anilines is 1. The van der Waals surface area contributed by atoms with Crippen LogP contribution in [0.15, 0.2) is 24.3 Å². The van der Waals surface area contributed by atoms with Gasteiger partial charge in [0, 0.05) is 0 Å². The van der Waals surface area contributed by atoms with Crippen molar-refractivity contribution >= 4 is 11.8 Å². The van der Waals surface area contributed by atoms with E-state index in [0.717, 1.165) is 4.80 Å². The van der Waals surface area contributed by atoms with E-state index >= 15 is 0 Å². The summed E-state index contributed by atoms with van der Waals surface area (Å²) in [5, 5.41) is 7.53. The van der Waals surface area contributed by atoms with Crippen LogP contribution in [0, 0.1) is 5.82 Å². The number of nitrogen functional groups attached to an aromatic ring is 1. The number of para-hydroxylation sites is 1. The SMILES string of the molecule is COC(=O)c1nn(-c2ccccc2F)nc1N. The van der Waals surface area contributed by atoms with Gasteiger partial charge in [0.1, 0.15) is 5.69 Å². The average molecular weight is 236 g/mol. The highest BCUT2D eigenvalue weighted by Crippen LogP contribution is 2.14. The second-order valence-electron chi connectivity index (χ2n) is 3.17. The molecule has 1 aromatic heterocycles. The summed E-state index contributed by atoms with van der Waals surface area (Å²) in [5.74, 6) is -1.34. The van der Waals surface area contributed by atoms with E-state index in [4.69, 9.17) is 5.73 Å². The van der Waals surface area contributed by atoms with E-state index in [0.29, 0.717) is 0 Å². The molecule has 0 radical (unpaired) electrons. The van der Waals surface area contributed by atoms with Crippen molar-refractivity contribution < 1.29 is 13.9 Å². The Morgan fingerprint density at radius 2 is 2.12 bits per heavy atom. The first kappa shape index (κ1) is 11.1. The lowest BCUT2D eigenvalue weighted by molar-refractivity contribution is 0.0594. The first-order valence-corrected chi connectivity index (χ1v) is 4.69. The van der Waals surface area contributed by atoms with Crippen molar-refractivity contribution in [2.24, 2.45) is 0 Å². The van der Waals surface area contributed by atoms with Gasteiger partial charge in [-0.3, -0.25) is 0 Å². The molecule has 0 bridgehead atoms. The number of esters is 1. The lowest BCUT2D eigenvalue weighted by atomic mass is 10.3. The van der Waals surface area contributed by atoms with E-state index in [1.807, 2.05) is 0 Å². The minimum absolute atomic E-state index is 0.106. The molecular formula is C10H9FN4O2. The fourth-order valence-electron chi connectivity index (χ4n) is 1.28. The summed E-state index contributed by atoms with van der Waals surface area (Å²) in [4.78, 5) is 12.2. The van der Waals surface area contributed by atoms with Crippen LogP contribution in [-0.2, 0) is 4.74 Å². The average Bonchev–Trinajstić information content (AvgIpc) is 2.71. The first-order chi connectivity index (χ1) is 8.13. The lowest BCUT2D eigenvalue weighted by Crippen LogP contribution is -2.06. The van der Waals surface area contributed by atoms with Crippen LogP contribution < -0.4 is 5.73 Å². The minimum Gasteiger partial charge on any atom is -0.464 e. The molecule has 6 nitrogen and oxygen atoms in total. The molecule has 0 saturated heterocycles. The number of ether oxygens (including phenoxy) is 1. The molecular weight excluding hydrogens is 227 g/mol. The van der Waals surface area contributed by atoms with E-state index in [9.17, 15) is 9.18 Å². The van der Waals surface area contributed by atoms with Crippen LogP contribution in [-0.4, -0.2) is 28.1 Å². The number of methoxy groups -OCH3 is 1. The van der Waals surface area contributed by atoms with E-state index < -0.39 is 11.8 Å². The monoisotopic (exact) mass is 236 g/mol. The third kappa shape index (κ3) is 1.94. The van der Waals surface area contributed by atoms with Gasteiger partial charge in [-0.15, -0.1) is 15.0 Å². The highest BCUT2D eigenvalue weighted by Gasteiger charge is 2.18. The Hall–Kier alpha value is -2.44.